The normalized spacial score (nSPS) is 10.5. The van der Waals surface area contributed by atoms with Gasteiger partial charge in [0, 0.05) is 24.1 Å². The van der Waals surface area contributed by atoms with Crippen LogP contribution in [0.5, 0.6) is 0 Å². The molecule has 0 aliphatic rings. The van der Waals surface area contributed by atoms with E-state index in [9.17, 15) is 4.79 Å². The molecule has 2 rings (SSSR count). The number of anilines is 1. The third kappa shape index (κ3) is 2.18. The van der Waals surface area contributed by atoms with Gasteiger partial charge < -0.3 is 5.73 Å². The summed E-state index contributed by atoms with van der Waals surface area (Å²) in [4.78, 5) is 15.8. The Morgan fingerprint density at radius 3 is 2.88 bits per heavy atom. The highest BCUT2D eigenvalue weighted by Gasteiger charge is 2.07. The summed E-state index contributed by atoms with van der Waals surface area (Å²) >= 11 is 0. The van der Waals surface area contributed by atoms with Crippen LogP contribution in [0.25, 0.3) is 0 Å². The summed E-state index contributed by atoms with van der Waals surface area (Å²) in [5.74, 6) is 0. The van der Waals surface area contributed by atoms with E-state index >= 15 is 0 Å². The van der Waals surface area contributed by atoms with E-state index in [-0.39, 0.29) is 5.56 Å². The average molecular weight is 230 g/mol. The molecular formula is C12H14N4O. The van der Waals surface area contributed by atoms with Crippen LogP contribution in [-0.4, -0.2) is 14.8 Å². The van der Waals surface area contributed by atoms with Gasteiger partial charge in [-0.05, 0) is 31.0 Å². The minimum absolute atomic E-state index is 0.146. The van der Waals surface area contributed by atoms with Crippen molar-refractivity contribution in [3.63, 3.8) is 0 Å². The molecule has 17 heavy (non-hydrogen) atoms. The van der Waals surface area contributed by atoms with Gasteiger partial charge in [0.2, 0.25) is 0 Å². The number of aromatic nitrogens is 3. The van der Waals surface area contributed by atoms with Crippen LogP contribution in [0.2, 0.25) is 0 Å². The lowest BCUT2D eigenvalue weighted by atomic mass is 10.1. The summed E-state index contributed by atoms with van der Waals surface area (Å²) in [6.07, 6.45) is 3.29. The smallest absolute Gasteiger partial charge is 0.267 e. The first-order valence-corrected chi connectivity index (χ1v) is 5.32. The number of nitrogens with zero attached hydrogens (tertiary/aromatic N) is 3. The summed E-state index contributed by atoms with van der Waals surface area (Å²) in [6.45, 7) is 4.15. The molecule has 0 radical (unpaired) electrons. The van der Waals surface area contributed by atoms with Crippen LogP contribution < -0.4 is 11.3 Å². The van der Waals surface area contributed by atoms with Gasteiger partial charge in [-0.15, -0.1) is 0 Å². The van der Waals surface area contributed by atoms with Gasteiger partial charge in [-0.2, -0.15) is 5.10 Å². The molecule has 0 unspecified atom stereocenters. The molecule has 0 aliphatic heterocycles. The Morgan fingerprint density at radius 2 is 2.18 bits per heavy atom. The summed E-state index contributed by atoms with van der Waals surface area (Å²) in [5, 5.41) is 3.99. The second-order valence-corrected chi connectivity index (χ2v) is 3.95. The second kappa shape index (κ2) is 4.37. The van der Waals surface area contributed by atoms with Crippen molar-refractivity contribution in [3.8, 4) is 0 Å². The summed E-state index contributed by atoms with van der Waals surface area (Å²) in [6, 6.07) is 3.09. The summed E-state index contributed by atoms with van der Waals surface area (Å²) < 4.78 is 1.37. The maximum atomic E-state index is 11.5. The number of hydrogen-bond donors (Lipinski definition) is 1. The van der Waals surface area contributed by atoms with Gasteiger partial charge in [-0.3, -0.25) is 9.78 Å². The van der Waals surface area contributed by atoms with Crippen molar-refractivity contribution in [2.45, 2.75) is 20.4 Å². The molecule has 2 aromatic rings. The lowest BCUT2D eigenvalue weighted by Crippen LogP contribution is -2.22. The molecule has 2 aromatic heterocycles. The van der Waals surface area contributed by atoms with Crippen molar-refractivity contribution in [2.24, 2.45) is 0 Å². The predicted octanol–water partition coefficient (Wildman–Crippen LogP) is 0.886. The third-order valence-electron chi connectivity index (χ3n) is 2.76. The number of nitrogens with two attached hydrogens (primary N) is 1. The molecule has 0 aliphatic carbocycles. The topological polar surface area (TPSA) is 73.8 Å². The zero-order valence-electron chi connectivity index (χ0n) is 9.84. The van der Waals surface area contributed by atoms with Crippen LogP contribution in [0.15, 0.2) is 29.3 Å². The van der Waals surface area contributed by atoms with E-state index in [0.717, 1.165) is 22.5 Å². The van der Waals surface area contributed by atoms with Crippen molar-refractivity contribution < 1.29 is 0 Å². The molecule has 2 N–H and O–H groups in total. The zero-order chi connectivity index (χ0) is 12.4. The van der Waals surface area contributed by atoms with E-state index in [1.165, 1.54) is 10.7 Å². The number of rotatable bonds is 2. The van der Waals surface area contributed by atoms with Gasteiger partial charge in [-0.25, -0.2) is 4.68 Å². The molecule has 0 aromatic carbocycles. The van der Waals surface area contributed by atoms with Crippen LogP contribution >= 0.6 is 0 Å². The lowest BCUT2D eigenvalue weighted by Gasteiger charge is -2.10. The van der Waals surface area contributed by atoms with E-state index in [0.29, 0.717) is 6.54 Å². The fraction of sp³-hybridized carbons (Fsp3) is 0.250. The van der Waals surface area contributed by atoms with Crippen LogP contribution in [0.3, 0.4) is 0 Å². The maximum Gasteiger partial charge on any atom is 0.267 e. The van der Waals surface area contributed by atoms with Gasteiger partial charge in [0.15, 0.2) is 0 Å². The highest BCUT2D eigenvalue weighted by Crippen LogP contribution is 2.17. The molecule has 0 atom stereocenters. The number of nitrogen functional groups attached to an aromatic ring is 1. The minimum Gasteiger partial charge on any atom is -0.398 e. The molecule has 0 amide bonds. The molecule has 0 saturated heterocycles. The van der Waals surface area contributed by atoms with Crippen molar-refractivity contribution in [1.29, 1.82) is 0 Å². The quantitative estimate of drug-likeness (QED) is 0.831. The largest absolute Gasteiger partial charge is 0.398 e. The van der Waals surface area contributed by atoms with Crippen molar-refractivity contribution in [2.75, 3.05) is 5.73 Å². The van der Waals surface area contributed by atoms with Crippen LogP contribution in [0.1, 0.15) is 16.8 Å². The Balaban J connectivity index is 2.41. The minimum atomic E-state index is -0.146. The van der Waals surface area contributed by atoms with E-state index in [4.69, 9.17) is 5.73 Å². The van der Waals surface area contributed by atoms with Crippen LogP contribution in [0, 0.1) is 13.8 Å². The summed E-state index contributed by atoms with van der Waals surface area (Å²) in [5.41, 5.74) is 9.12. The fourth-order valence-corrected chi connectivity index (χ4v) is 1.60. The molecule has 0 bridgehead atoms. The van der Waals surface area contributed by atoms with Gasteiger partial charge >= 0.3 is 0 Å². The Hall–Kier alpha value is -2.17. The van der Waals surface area contributed by atoms with Crippen molar-refractivity contribution >= 4 is 5.69 Å². The molecule has 2 heterocycles. The number of pyridine rings is 1. The van der Waals surface area contributed by atoms with Crippen LogP contribution in [-0.2, 0) is 6.54 Å². The standard InChI is InChI=1S/C12H14N4O/c1-8-6-14-10(9(2)12(8)13)7-16-11(17)4-3-5-15-16/h3-6H,7H2,1-2H3,(H2,13,14). The Labute approximate surface area is 98.9 Å². The van der Waals surface area contributed by atoms with Crippen molar-refractivity contribution in [3.05, 3.63) is 51.7 Å². The molecule has 88 valence electrons. The SMILES string of the molecule is Cc1cnc(Cn2ncccc2=O)c(C)c1N. The highest BCUT2D eigenvalue weighted by atomic mass is 16.1. The zero-order valence-corrected chi connectivity index (χ0v) is 9.84. The van der Waals surface area contributed by atoms with Gasteiger partial charge in [0.05, 0.1) is 12.2 Å². The van der Waals surface area contributed by atoms with Gasteiger partial charge in [-0.1, -0.05) is 0 Å². The maximum absolute atomic E-state index is 11.5. The molecule has 0 fully saturated rings. The molecule has 5 nitrogen and oxygen atoms in total. The number of aryl methyl sites for hydroxylation is 1. The van der Waals surface area contributed by atoms with Gasteiger partial charge in [0.1, 0.15) is 0 Å². The first kappa shape index (κ1) is 11.3. The van der Waals surface area contributed by atoms with Gasteiger partial charge in [0.25, 0.3) is 5.56 Å². The third-order valence-corrected chi connectivity index (χ3v) is 2.76. The number of hydrogen-bond acceptors (Lipinski definition) is 4. The van der Waals surface area contributed by atoms with Crippen LogP contribution in [0.4, 0.5) is 5.69 Å². The first-order valence-electron chi connectivity index (χ1n) is 5.32. The highest BCUT2D eigenvalue weighted by molar-refractivity contribution is 5.53. The Morgan fingerprint density at radius 1 is 1.41 bits per heavy atom. The van der Waals surface area contributed by atoms with Crippen molar-refractivity contribution in [1.82, 2.24) is 14.8 Å². The molecule has 5 heteroatoms. The van der Waals surface area contributed by atoms with E-state index in [1.807, 2.05) is 13.8 Å². The summed E-state index contributed by atoms with van der Waals surface area (Å²) in [7, 11) is 0. The Bertz CT molecular complexity index is 604. The van der Waals surface area contributed by atoms with E-state index in [1.54, 1.807) is 18.5 Å². The lowest BCUT2D eigenvalue weighted by molar-refractivity contribution is 0.625. The fourth-order valence-electron chi connectivity index (χ4n) is 1.60. The average Bonchev–Trinajstić information content (AvgIpc) is 2.32. The molecule has 0 spiro atoms. The van der Waals surface area contributed by atoms with E-state index in [2.05, 4.69) is 10.1 Å². The van der Waals surface area contributed by atoms with E-state index < -0.39 is 0 Å². The predicted molar refractivity (Wildman–Crippen MR) is 65.7 cm³/mol. The molecule has 0 saturated carbocycles. The monoisotopic (exact) mass is 230 g/mol. The second-order valence-electron chi connectivity index (χ2n) is 3.95. The Kier molecular flexibility index (Phi) is 2.91. The molecular weight excluding hydrogens is 216 g/mol. The first-order chi connectivity index (χ1) is 8.09.